The van der Waals surface area contributed by atoms with E-state index >= 15 is 0 Å². The Labute approximate surface area is 107 Å². The third kappa shape index (κ3) is 5.65. The molecule has 1 aromatic rings. The van der Waals surface area contributed by atoms with E-state index in [1.807, 2.05) is 6.92 Å². The van der Waals surface area contributed by atoms with E-state index in [9.17, 15) is 4.79 Å². The van der Waals surface area contributed by atoms with Gasteiger partial charge in [0.1, 0.15) is 12.4 Å². The second-order valence-corrected chi connectivity index (χ2v) is 3.68. The average molecular weight is 252 g/mol. The molecule has 1 amide bonds. The Morgan fingerprint density at radius 3 is 2.61 bits per heavy atom. The van der Waals surface area contributed by atoms with Crippen LogP contribution in [0.15, 0.2) is 24.3 Å². The molecule has 0 aliphatic heterocycles. The van der Waals surface area contributed by atoms with Crippen LogP contribution in [0.5, 0.6) is 5.75 Å². The zero-order valence-corrected chi connectivity index (χ0v) is 10.9. The maximum Gasteiger partial charge on any atom is 0.250 e. The maximum absolute atomic E-state index is 11.5. The normalized spacial score (nSPS) is 10.1. The molecule has 1 rings (SSSR count). The molecule has 0 heterocycles. The minimum absolute atomic E-state index is 0.0669. The van der Waals surface area contributed by atoms with Gasteiger partial charge in [-0.2, -0.15) is 0 Å². The van der Waals surface area contributed by atoms with Crippen LogP contribution in [0.1, 0.15) is 6.92 Å². The lowest BCUT2D eigenvalue weighted by Gasteiger charge is -2.07. The van der Waals surface area contributed by atoms with Crippen molar-refractivity contribution in [2.75, 3.05) is 38.7 Å². The molecule has 0 bridgehead atoms. The fraction of sp³-hybridized carbons (Fsp3) is 0.462. The summed E-state index contributed by atoms with van der Waals surface area (Å²) in [6.07, 6.45) is 0. The van der Waals surface area contributed by atoms with Crippen LogP contribution in [0.2, 0.25) is 0 Å². The second-order valence-electron chi connectivity index (χ2n) is 3.68. The van der Waals surface area contributed by atoms with Crippen molar-refractivity contribution in [3.05, 3.63) is 24.3 Å². The van der Waals surface area contributed by atoms with Gasteiger partial charge in [-0.15, -0.1) is 0 Å². The summed E-state index contributed by atoms with van der Waals surface area (Å²) in [4.78, 5) is 11.5. The smallest absolute Gasteiger partial charge is 0.250 e. The van der Waals surface area contributed by atoms with E-state index < -0.39 is 0 Å². The van der Waals surface area contributed by atoms with Crippen LogP contribution in [-0.4, -0.2) is 39.3 Å². The summed E-state index contributed by atoms with van der Waals surface area (Å²) in [5.41, 5.74) is 0.732. The number of rotatable bonds is 8. The predicted molar refractivity (Wildman–Crippen MR) is 71.0 cm³/mol. The predicted octanol–water partition coefficient (Wildman–Crippen LogP) is 1.26. The van der Waals surface area contributed by atoms with Gasteiger partial charge in [0.05, 0.1) is 13.7 Å². The monoisotopic (exact) mass is 252 g/mol. The molecule has 0 spiro atoms. The van der Waals surface area contributed by atoms with Gasteiger partial charge in [0, 0.05) is 12.2 Å². The van der Waals surface area contributed by atoms with Crippen LogP contribution in [0.25, 0.3) is 0 Å². The highest BCUT2D eigenvalue weighted by Crippen LogP contribution is 2.14. The number of likely N-dealkylation sites (N-methyl/N-ethyl adjacent to an activating group) is 1. The molecule has 100 valence electrons. The van der Waals surface area contributed by atoms with Crippen molar-refractivity contribution in [2.45, 2.75) is 6.92 Å². The van der Waals surface area contributed by atoms with Crippen LogP contribution in [-0.2, 0) is 9.53 Å². The first-order valence-corrected chi connectivity index (χ1v) is 5.98. The topological polar surface area (TPSA) is 59.6 Å². The largest absolute Gasteiger partial charge is 0.497 e. The molecule has 0 aliphatic rings. The molecule has 0 saturated carbocycles. The standard InChI is InChI=1S/C13H20N2O3/c1-3-14-8-9-18-10-13(16)15-11-4-6-12(17-2)7-5-11/h4-7,14H,3,8-10H2,1-2H3,(H,15,16). The molecule has 5 nitrogen and oxygen atoms in total. The molecule has 1 aromatic carbocycles. The van der Waals surface area contributed by atoms with E-state index in [0.717, 1.165) is 24.5 Å². The van der Waals surface area contributed by atoms with E-state index in [4.69, 9.17) is 9.47 Å². The first-order chi connectivity index (χ1) is 8.76. The van der Waals surface area contributed by atoms with Gasteiger partial charge in [0.2, 0.25) is 5.91 Å². The SMILES string of the molecule is CCNCCOCC(=O)Nc1ccc(OC)cc1. The van der Waals surface area contributed by atoms with Gasteiger partial charge in [-0.3, -0.25) is 4.79 Å². The number of carbonyl (C=O) groups excluding carboxylic acids is 1. The van der Waals surface area contributed by atoms with Crippen LogP contribution < -0.4 is 15.4 Å². The third-order valence-corrected chi connectivity index (χ3v) is 2.28. The fourth-order valence-electron chi connectivity index (χ4n) is 1.36. The molecule has 0 saturated heterocycles. The molecular formula is C13H20N2O3. The summed E-state index contributed by atoms with van der Waals surface area (Å²) in [6, 6.07) is 7.16. The van der Waals surface area contributed by atoms with Crippen molar-refractivity contribution in [2.24, 2.45) is 0 Å². The van der Waals surface area contributed by atoms with E-state index in [1.54, 1.807) is 31.4 Å². The van der Waals surface area contributed by atoms with Gasteiger partial charge in [-0.1, -0.05) is 6.92 Å². The van der Waals surface area contributed by atoms with Crippen molar-refractivity contribution < 1.29 is 14.3 Å². The number of methoxy groups -OCH3 is 1. The quantitative estimate of drug-likeness (QED) is 0.684. The lowest BCUT2D eigenvalue weighted by atomic mass is 10.3. The van der Waals surface area contributed by atoms with Crippen LogP contribution in [0.4, 0.5) is 5.69 Å². The van der Waals surface area contributed by atoms with E-state index in [1.165, 1.54) is 0 Å². The van der Waals surface area contributed by atoms with Crippen molar-refractivity contribution in [3.63, 3.8) is 0 Å². The molecule has 0 unspecified atom stereocenters. The van der Waals surface area contributed by atoms with Crippen LogP contribution in [0.3, 0.4) is 0 Å². The number of carbonyl (C=O) groups is 1. The van der Waals surface area contributed by atoms with Crippen molar-refractivity contribution >= 4 is 11.6 Å². The lowest BCUT2D eigenvalue weighted by molar-refractivity contribution is -0.120. The van der Waals surface area contributed by atoms with Gasteiger partial charge in [0.15, 0.2) is 0 Å². The summed E-state index contributed by atoms with van der Waals surface area (Å²) in [7, 11) is 1.60. The average Bonchev–Trinajstić information content (AvgIpc) is 2.39. The Balaban J connectivity index is 2.22. The number of amides is 1. The van der Waals surface area contributed by atoms with Crippen molar-refractivity contribution in [3.8, 4) is 5.75 Å². The first kappa shape index (κ1) is 14.5. The number of hydrogen-bond donors (Lipinski definition) is 2. The maximum atomic E-state index is 11.5. The highest BCUT2D eigenvalue weighted by Gasteiger charge is 2.02. The zero-order valence-electron chi connectivity index (χ0n) is 10.9. The molecule has 0 atom stereocenters. The zero-order chi connectivity index (χ0) is 13.2. The van der Waals surface area contributed by atoms with Gasteiger partial charge >= 0.3 is 0 Å². The number of anilines is 1. The summed E-state index contributed by atoms with van der Waals surface area (Å²) < 4.78 is 10.2. The molecule has 0 aromatic heterocycles. The Kier molecular flexibility index (Phi) is 6.83. The second kappa shape index (κ2) is 8.49. The Morgan fingerprint density at radius 1 is 1.28 bits per heavy atom. The summed E-state index contributed by atoms with van der Waals surface area (Å²) in [5.74, 6) is 0.603. The Hall–Kier alpha value is -1.59. The molecular weight excluding hydrogens is 232 g/mol. The summed E-state index contributed by atoms with van der Waals surface area (Å²) >= 11 is 0. The van der Waals surface area contributed by atoms with E-state index in [-0.39, 0.29) is 12.5 Å². The third-order valence-electron chi connectivity index (χ3n) is 2.28. The van der Waals surface area contributed by atoms with Crippen molar-refractivity contribution in [1.29, 1.82) is 0 Å². The fourth-order valence-corrected chi connectivity index (χ4v) is 1.36. The van der Waals surface area contributed by atoms with Crippen LogP contribution in [0, 0.1) is 0 Å². The minimum Gasteiger partial charge on any atom is -0.497 e. The minimum atomic E-state index is -0.156. The summed E-state index contributed by atoms with van der Waals surface area (Å²) in [5, 5.41) is 5.86. The van der Waals surface area contributed by atoms with Crippen molar-refractivity contribution in [1.82, 2.24) is 5.32 Å². The molecule has 2 N–H and O–H groups in total. The van der Waals surface area contributed by atoms with E-state index in [0.29, 0.717) is 6.61 Å². The molecule has 0 aliphatic carbocycles. The molecule has 0 fully saturated rings. The number of hydrogen-bond acceptors (Lipinski definition) is 4. The van der Waals surface area contributed by atoms with Crippen LogP contribution >= 0.6 is 0 Å². The molecule has 0 radical (unpaired) electrons. The molecule has 5 heteroatoms. The van der Waals surface area contributed by atoms with Gasteiger partial charge in [-0.05, 0) is 30.8 Å². The Bertz CT molecular complexity index is 352. The van der Waals surface area contributed by atoms with Gasteiger partial charge in [-0.25, -0.2) is 0 Å². The number of benzene rings is 1. The number of ether oxygens (including phenoxy) is 2. The van der Waals surface area contributed by atoms with E-state index in [2.05, 4.69) is 10.6 Å². The lowest BCUT2D eigenvalue weighted by Crippen LogP contribution is -2.23. The number of nitrogens with one attached hydrogen (secondary N) is 2. The Morgan fingerprint density at radius 2 is 2.00 bits per heavy atom. The van der Waals surface area contributed by atoms with Gasteiger partial charge in [0.25, 0.3) is 0 Å². The first-order valence-electron chi connectivity index (χ1n) is 5.98. The summed E-state index contributed by atoms with van der Waals surface area (Å²) in [6.45, 7) is 4.28. The highest BCUT2D eigenvalue weighted by molar-refractivity contribution is 5.91. The molecule has 18 heavy (non-hydrogen) atoms. The van der Waals surface area contributed by atoms with Gasteiger partial charge < -0.3 is 20.1 Å². The highest BCUT2D eigenvalue weighted by atomic mass is 16.5.